The topological polar surface area (TPSA) is 3.24 Å². The Labute approximate surface area is 209 Å². The van der Waals surface area contributed by atoms with Gasteiger partial charge in [0.2, 0.25) is 0 Å². The van der Waals surface area contributed by atoms with E-state index in [1.54, 1.807) is 0 Å². The molecule has 1 aliphatic rings. The molecule has 1 aromatic heterocycles. The molecule has 2 heteroatoms. The zero-order valence-electron chi connectivity index (χ0n) is 19.8. The van der Waals surface area contributed by atoms with E-state index in [0.29, 0.717) is 0 Å². The van der Waals surface area contributed by atoms with Gasteiger partial charge in [-0.15, -0.1) is 11.3 Å². The molecule has 0 saturated heterocycles. The Morgan fingerprint density at radius 2 is 1.14 bits per heavy atom. The number of para-hydroxylation sites is 2. The summed E-state index contributed by atoms with van der Waals surface area (Å²) in [5.74, 6) is 0. The number of benzene rings is 5. The van der Waals surface area contributed by atoms with Crippen molar-refractivity contribution in [2.45, 2.75) is 19.3 Å². The van der Waals surface area contributed by atoms with Crippen molar-refractivity contribution in [1.29, 1.82) is 0 Å². The molecule has 0 radical (unpaired) electrons. The van der Waals surface area contributed by atoms with Gasteiger partial charge >= 0.3 is 0 Å². The summed E-state index contributed by atoms with van der Waals surface area (Å²) < 4.78 is 2.69. The highest BCUT2D eigenvalue weighted by Crippen LogP contribution is 2.51. The normalized spacial score (nSPS) is 13.7. The molecule has 0 saturated carbocycles. The predicted molar refractivity (Wildman–Crippen MR) is 152 cm³/mol. The van der Waals surface area contributed by atoms with Gasteiger partial charge in [0.1, 0.15) is 0 Å². The maximum atomic E-state index is 2.46. The Morgan fingerprint density at radius 1 is 0.514 bits per heavy atom. The lowest BCUT2D eigenvalue weighted by atomic mass is 9.82. The largest absolute Gasteiger partial charge is 0.310 e. The zero-order chi connectivity index (χ0) is 23.6. The zero-order valence-corrected chi connectivity index (χ0v) is 20.6. The number of hydrogen-bond donors (Lipinski definition) is 0. The van der Waals surface area contributed by atoms with Crippen molar-refractivity contribution in [1.82, 2.24) is 0 Å². The number of hydrogen-bond acceptors (Lipinski definition) is 2. The van der Waals surface area contributed by atoms with Gasteiger partial charge in [-0.05, 0) is 76.9 Å². The van der Waals surface area contributed by atoms with E-state index >= 15 is 0 Å². The van der Waals surface area contributed by atoms with E-state index in [4.69, 9.17) is 0 Å². The molecule has 6 aromatic rings. The van der Waals surface area contributed by atoms with Crippen molar-refractivity contribution in [2.75, 3.05) is 4.90 Å². The molecular weight excluding hydrogens is 442 g/mol. The maximum absolute atomic E-state index is 2.46. The number of nitrogens with zero attached hydrogens (tertiary/aromatic N) is 1. The molecule has 1 aliphatic carbocycles. The predicted octanol–water partition coefficient (Wildman–Crippen LogP) is 9.83. The van der Waals surface area contributed by atoms with Crippen LogP contribution in [0.15, 0.2) is 115 Å². The summed E-state index contributed by atoms with van der Waals surface area (Å²) >= 11 is 1.90. The molecule has 5 aromatic carbocycles. The smallest absolute Gasteiger partial charge is 0.0468 e. The number of rotatable bonds is 3. The van der Waals surface area contributed by atoms with Crippen molar-refractivity contribution < 1.29 is 0 Å². The van der Waals surface area contributed by atoms with E-state index in [2.05, 4.69) is 134 Å². The highest BCUT2D eigenvalue weighted by molar-refractivity contribution is 7.25. The van der Waals surface area contributed by atoms with Gasteiger partial charge in [-0.3, -0.25) is 0 Å². The Hall–Kier alpha value is -3.88. The van der Waals surface area contributed by atoms with E-state index in [-0.39, 0.29) is 5.41 Å². The number of thiophene rings is 1. The van der Waals surface area contributed by atoms with Crippen LogP contribution in [0.2, 0.25) is 0 Å². The van der Waals surface area contributed by atoms with Crippen molar-refractivity contribution >= 4 is 48.6 Å². The number of anilines is 3. The standard InChI is InChI=1S/C33H25NS/c1-33(2)29-16-10-9-15-25(29)26-21-32-28(20-30(26)33)27-19-24(17-18-31(27)35-32)34(22-11-5-3-6-12-22)23-13-7-4-8-14-23/h3-21H,1-2H3. The summed E-state index contributed by atoms with van der Waals surface area (Å²) in [5.41, 5.74) is 9.14. The molecule has 0 atom stereocenters. The second-order valence-corrected chi connectivity index (χ2v) is 10.9. The molecule has 0 amide bonds. The molecule has 0 bridgehead atoms. The summed E-state index contributed by atoms with van der Waals surface area (Å²) in [6.45, 7) is 4.71. The Kier molecular flexibility index (Phi) is 4.43. The molecule has 1 heterocycles. The summed E-state index contributed by atoms with van der Waals surface area (Å²) in [7, 11) is 0. The van der Waals surface area contributed by atoms with Crippen molar-refractivity contribution in [2.24, 2.45) is 0 Å². The summed E-state index contributed by atoms with van der Waals surface area (Å²) in [5, 5.41) is 2.68. The van der Waals surface area contributed by atoms with Gasteiger partial charge < -0.3 is 4.90 Å². The third-order valence-electron chi connectivity index (χ3n) is 7.44. The second kappa shape index (κ2) is 7.56. The van der Waals surface area contributed by atoms with E-state index < -0.39 is 0 Å². The lowest BCUT2D eigenvalue weighted by Crippen LogP contribution is -2.14. The molecule has 35 heavy (non-hydrogen) atoms. The van der Waals surface area contributed by atoms with Crippen LogP contribution in [-0.4, -0.2) is 0 Å². The van der Waals surface area contributed by atoms with E-state index in [1.165, 1.54) is 48.1 Å². The van der Waals surface area contributed by atoms with E-state index in [0.717, 1.165) is 11.4 Å². The van der Waals surface area contributed by atoms with Gasteiger partial charge in [-0.2, -0.15) is 0 Å². The van der Waals surface area contributed by atoms with Gasteiger partial charge in [-0.1, -0.05) is 74.5 Å². The van der Waals surface area contributed by atoms with Crippen LogP contribution in [0.4, 0.5) is 17.1 Å². The fourth-order valence-corrected chi connectivity index (χ4v) is 6.81. The van der Waals surface area contributed by atoms with Crippen LogP contribution in [-0.2, 0) is 5.41 Å². The lowest BCUT2D eigenvalue weighted by molar-refractivity contribution is 0.661. The van der Waals surface area contributed by atoms with Crippen molar-refractivity contribution in [3.8, 4) is 11.1 Å². The fourth-order valence-electron chi connectivity index (χ4n) is 5.70. The molecule has 0 spiro atoms. The highest BCUT2D eigenvalue weighted by Gasteiger charge is 2.35. The maximum Gasteiger partial charge on any atom is 0.0468 e. The average molecular weight is 468 g/mol. The van der Waals surface area contributed by atoms with E-state index in [1.807, 2.05) is 11.3 Å². The third-order valence-corrected chi connectivity index (χ3v) is 8.58. The SMILES string of the molecule is CC1(C)c2ccccc2-c2cc3sc4ccc(N(c5ccccc5)c5ccccc5)cc4c3cc21. The first kappa shape index (κ1) is 20.5. The van der Waals surface area contributed by atoms with Crippen molar-refractivity contribution in [3.63, 3.8) is 0 Å². The molecular formula is C33H25NS. The fraction of sp³-hybridized carbons (Fsp3) is 0.0909. The molecule has 0 fully saturated rings. The quantitative estimate of drug-likeness (QED) is 0.250. The van der Waals surface area contributed by atoms with Gasteiger partial charge in [0.05, 0.1) is 0 Å². The minimum Gasteiger partial charge on any atom is -0.310 e. The molecule has 0 unspecified atom stereocenters. The van der Waals surface area contributed by atoms with Gasteiger partial charge in [0, 0.05) is 42.6 Å². The van der Waals surface area contributed by atoms with Crippen molar-refractivity contribution in [3.05, 3.63) is 126 Å². The Morgan fingerprint density at radius 3 is 1.86 bits per heavy atom. The Balaban J connectivity index is 1.45. The third kappa shape index (κ3) is 3.07. The van der Waals surface area contributed by atoms with Crippen LogP contribution in [0.5, 0.6) is 0 Å². The first-order valence-corrected chi connectivity index (χ1v) is 12.9. The van der Waals surface area contributed by atoms with Crippen LogP contribution in [0.25, 0.3) is 31.3 Å². The molecule has 0 N–H and O–H groups in total. The van der Waals surface area contributed by atoms with Crippen LogP contribution in [0.3, 0.4) is 0 Å². The molecule has 0 aliphatic heterocycles. The summed E-state index contributed by atoms with van der Waals surface area (Å²) in [6.07, 6.45) is 0. The lowest BCUT2D eigenvalue weighted by Gasteiger charge is -2.25. The summed E-state index contributed by atoms with van der Waals surface area (Å²) in [6, 6.07) is 42.0. The molecule has 1 nitrogen and oxygen atoms in total. The van der Waals surface area contributed by atoms with E-state index in [9.17, 15) is 0 Å². The van der Waals surface area contributed by atoms with Gasteiger partial charge in [0.15, 0.2) is 0 Å². The molecule has 168 valence electrons. The van der Waals surface area contributed by atoms with Crippen LogP contribution in [0, 0.1) is 0 Å². The molecule has 7 rings (SSSR count). The minimum absolute atomic E-state index is 0.00605. The monoisotopic (exact) mass is 467 g/mol. The Bertz CT molecular complexity index is 1670. The second-order valence-electron chi connectivity index (χ2n) is 9.85. The van der Waals surface area contributed by atoms with Gasteiger partial charge in [0.25, 0.3) is 0 Å². The van der Waals surface area contributed by atoms with Crippen LogP contribution in [0.1, 0.15) is 25.0 Å². The first-order chi connectivity index (χ1) is 17.1. The summed E-state index contributed by atoms with van der Waals surface area (Å²) in [4.78, 5) is 2.34. The minimum atomic E-state index is 0.00605. The highest BCUT2D eigenvalue weighted by atomic mass is 32.1. The van der Waals surface area contributed by atoms with Crippen LogP contribution < -0.4 is 4.90 Å². The number of fused-ring (bicyclic) bond motifs is 6. The van der Waals surface area contributed by atoms with Crippen LogP contribution >= 0.6 is 11.3 Å². The first-order valence-electron chi connectivity index (χ1n) is 12.1. The van der Waals surface area contributed by atoms with Gasteiger partial charge in [-0.25, -0.2) is 0 Å². The average Bonchev–Trinajstić information content (AvgIpc) is 3.36.